The van der Waals surface area contributed by atoms with Crippen LogP contribution in [0.4, 0.5) is 5.69 Å². The Morgan fingerprint density at radius 1 is 1.30 bits per heavy atom. The number of hydrogen-bond donors (Lipinski definition) is 1. The molecule has 1 fully saturated rings. The van der Waals surface area contributed by atoms with E-state index in [1.807, 2.05) is 0 Å². The molecule has 0 aromatic heterocycles. The number of carbonyl (C=O) groups excluding carboxylic acids is 2. The topological polar surface area (TPSA) is 55.4 Å². The van der Waals surface area contributed by atoms with Crippen molar-refractivity contribution in [2.24, 2.45) is 5.92 Å². The maximum absolute atomic E-state index is 11.9. The SMILES string of the molecule is CCOC(=O)c1cccc(NC(=O)CC2CCCC2)c1. The van der Waals surface area contributed by atoms with Crippen molar-refractivity contribution in [1.82, 2.24) is 0 Å². The summed E-state index contributed by atoms with van der Waals surface area (Å²) in [5.74, 6) is 0.181. The van der Waals surface area contributed by atoms with E-state index in [-0.39, 0.29) is 11.9 Å². The van der Waals surface area contributed by atoms with Crippen LogP contribution in [0.25, 0.3) is 0 Å². The molecule has 0 aliphatic heterocycles. The fraction of sp³-hybridized carbons (Fsp3) is 0.500. The Hall–Kier alpha value is -1.84. The quantitative estimate of drug-likeness (QED) is 0.838. The summed E-state index contributed by atoms with van der Waals surface area (Å²) >= 11 is 0. The zero-order valence-corrected chi connectivity index (χ0v) is 11.9. The van der Waals surface area contributed by atoms with Crippen LogP contribution in [0.3, 0.4) is 0 Å². The molecule has 1 aliphatic rings. The first-order valence-corrected chi connectivity index (χ1v) is 7.26. The van der Waals surface area contributed by atoms with Crippen LogP contribution in [0.5, 0.6) is 0 Å². The van der Waals surface area contributed by atoms with Crippen molar-refractivity contribution in [2.75, 3.05) is 11.9 Å². The first kappa shape index (κ1) is 14.6. The molecule has 0 radical (unpaired) electrons. The van der Waals surface area contributed by atoms with Gasteiger partial charge in [0, 0.05) is 12.1 Å². The van der Waals surface area contributed by atoms with E-state index < -0.39 is 0 Å². The average Bonchev–Trinajstić information content (AvgIpc) is 2.92. The Balaban J connectivity index is 1.93. The molecule has 0 atom stereocenters. The third kappa shape index (κ3) is 4.08. The monoisotopic (exact) mass is 275 g/mol. The molecule has 4 nitrogen and oxygen atoms in total. The summed E-state index contributed by atoms with van der Waals surface area (Å²) in [5, 5.41) is 2.86. The van der Waals surface area contributed by atoms with Gasteiger partial charge in [0.1, 0.15) is 0 Å². The van der Waals surface area contributed by atoms with Crippen LogP contribution in [-0.4, -0.2) is 18.5 Å². The highest BCUT2D eigenvalue weighted by Crippen LogP contribution is 2.27. The summed E-state index contributed by atoms with van der Waals surface area (Å²) in [6.07, 6.45) is 5.34. The molecule has 2 rings (SSSR count). The maximum Gasteiger partial charge on any atom is 0.338 e. The zero-order chi connectivity index (χ0) is 14.4. The molecule has 1 N–H and O–H groups in total. The lowest BCUT2D eigenvalue weighted by atomic mass is 10.0. The molecule has 0 bridgehead atoms. The third-order valence-electron chi connectivity index (χ3n) is 3.61. The summed E-state index contributed by atoms with van der Waals surface area (Å²) in [4.78, 5) is 23.6. The summed E-state index contributed by atoms with van der Waals surface area (Å²) in [7, 11) is 0. The van der Waals surface area contributed by atoms with Gasteiger partial charge >= 0.3 is 5.97 Å². The first-order chi connectivity index (χ1) is 9.69. The van der Waals surface area contributed by atoms with Crippen LogP contribution in [0.1, 0.15) is 49.4 Å². The minimum atomic E-state index is -0.362. The van der Waals surface area contributed by atoms with Crippen molar-refractivity contribution in [2.45, 2.75) is 39.0 Å². The molecule has 1 saturated carbocycles. The highest BCUT2D eigenvalue weighted by Gasteiger charge is 2.18. The Morgan fingerprint density at radius 3 is 2.75 bits per heavy atom. The van der Waals surface area contributed by atoms with Gasteiger partial charge < -0.3 is 10.1 Å². The fourth-order valence-electron chi connectivity index (χ4n) is 2.63. The predicted molar refractivity (Wildman–Crippen MR) is 77.6 cm³/mol. The van der Waals surface area contributed by atoms with E-state index >= 15 is 0 Å². The normalized spacial score (nSPS) is 15.1. The van der Waals surface area contributed by atoms with Gasteiger partial charge in [0.2, 0.25) is 5.91 Å². The van der Waals surface area contributed by atoms with E-state index in [0.717, 1.165) is 12.8 Å². The average molecular weight is 275 g/mol. The number of benzene rings is 1. The Bertz CT molecular complexity index is 478. The second kappa shape index (κ2) is 7.08. The van der Waals surface area contributed by atoms with E-state index in [2.05, 4.69) is 5.32 Å². The molecule has 0 spiro atoms. The molecule has 20 heavy (non-hydrogen) atoms. The standard InChI is InChI=1S/C16H21NO3/c1-2-20-16(19)13-8-5-9-14(11-13)17-15(18)10-12-6-3-4-7-12/h5,8-9,11-12H,2-4,6-7,10H2,1H3,(H,17,18). The van der Waals surface area contributed by atoms with Crippen molar-refractivity contribution in [3.63, 3.8) is 0 Å². The Labute approximate surface area is 119 Å². The number of amides is 1. The molecular weight excluding hydrogens is 254 g/mol. The summed E-state index contributed by atoms with van der Waals surface area (Å²) in [5.41, 5.74) is 1.11. The highest BCUT2D eigenvalue weighted by atomic mass is 16.5. The summed E-state index contributed by atoms with van der Waals surface area (Å²) in [6.45, 7) is 2.11. The van der Waals surface area contributed by atoms with Crippen LogP contribution >= 0.6 is 0 Å². The number of ether oxygens (including phenoxy) is 1. The number of anilines is 1. The maximum atomic E-state index is 11.9. The molecule has 1 aromatic rings. The van der Waals surface area contributed by atoms with Gasteiger partial charge in [-0.15, -0.1) is 0 Å². The first-order valence-electron chi connectivity index (χ1n) is 7.26. The van der Waals surface area contributed by atoms with Crippen LogP contribution < -0.4 is 5.32 Å². The predicted octanol–water partition coefficient (Wildman–Crippen LogP) is 3.38. The largest absolute Gasteiger partial charge is 0.462 e. The number of esters is 1. The molecule has 1 aliphatic carbocycles. The van der Waals surface area contributed by atoms with Crippen molar-refractivity contribution in [3.8, 4) is 0 Å². The molecule has 0 unspecified atom stereocenters. The van der Waals surface area contributed by atoms with Gasteiger partial charge in [-0.1, -0.05) is 18.9 Å². The summed E-state index contributed by atoms with van der Waals surface area (Å²) in [6, 6.07) is 6.88. The number of carbonyl (C=O) groups is 2. The van der Waals surface area contributed by atoms with Crippen LogP contribution in [0.15, 0.2) is 24.3 Å². The minimum absolute atomic E-state index is 0.0258. The highest BCUT2D eigenvalue weighted by molar-refractivity contribution is 5.94. The molecule has 0 saturated heterocycles. The Kier molecular flexibility index (Phi) is 5.16. The molecular formula is C16H21NO3. The van der Waals surface area contributed by atoms with Crippen molar-refractivity contribution < 1.29 is 14.3 Å². The number of hydrogen-bond acceptors (Lipinski definition) is 3. The number of rotatable bonds is 5. The van der Waals surface area contributed by atoms with Crippen LogP contribution in [-0.2, 0) is 9.53 Å². The van der Waals surface area contributed by atoms with Crippen molar-refractivity contribution in [3.05, 3.63) is 29.8 Å². The molecule has 1 amide bonds. The smallest absolute Gasteiger partial charge is 0.338 e. The fourth-order valence-corrected chi connectivity index (χ4v) is 2.63. The van der Waals surface area contributed by atoms with E-state index in [4.69, 9.17) is 4.74 Å². The molecule has 108 valence electrons. The van der Waals surface area contributed by atoms with E-state index in [9.17, 15) is 9.59 Å². The zero-order valence-electron chi connectivity index (χ0n) is 11.9. The van der Waals surface area contributed by atoms with Gasteiger partial charge in [-0.3, -0.25) is 4.79 Å². The van der Waals surface area contributed by atoms with Crippen LogP contribution in [0.2, 0.25) is 0 Å². The lowest BCUT2D eigenvalue weighted by Gasteiger charge is -2.10. The Morgan fingerprint density at radius 2 is 2.05 bits per heavy atom. The van der Waals surface area contributed by atoms with Crippen molar-refractivity contribution in [1.29, 1.82) is 0 Å². The van der Waals surface area contributed by atoms with Gasteiger partial charge in [0.15, 0.2) is 0 Å². The molecule has 0 heterocycles. The second-order valence-corrected chi connectivity index (χ2v) is 5.20. The van der Waals surface area contributed by atoms with E-state index in [1.165, 1.54) is 12.8 Å². The summed E-state index contributed by atoms with van der Waals surface area (Å²) < 4.78 is 4.94. The third-order valence-corrected chi connectivity index (χ3v) is 3.61. The second-order valence-electron chi connectivity index (χ2n) is 5.20. The van der Waals surface area contributed by atoms with Gasteiger partial charge in [-0.25, -0.2) is 4.79 Å². The van der Waals surface area contributed by atoms with E-state index in [0.29, 0.717) is 30.2 Å². The van der Waals surface area contributed by atoms with Crippen molar-refractivity contribution >= 4 is 17.6 Å². The van der Waals surface area contributed by atoms with Gasteiger partial charge in [0.05, 0.1) is 12.2 Å². The lowest BCUT2D eigenvalue weighted by molar-refractivity contribution is -0.117. The molecule has 4 heteroatoms. The van der Waals surface area contributed by atoms with Gasteiger partial charge in [-0.2, -0.15) is 0 Å². The van der Waals surface area contributed by atoms with Gasteiger partial charge in [-0.05, 0) is 43.9 Å². The van der Waals surface area contributed by atoms with Gasteiger partial charge in [0.25, 0.3) is 0 Å². The minimum Gasteiger partial charge on any atom is -0.462 e. The molecule has 1 aromatic carbocycles. The number of nitrogens with one attached hydrogen (secondary N) is 1. The van der Waals surface area contributed by atoms with E-state index in [1.54, 1.807) is 31.2 Å². The van der Waals surface area contributed by atoms with Crippen LogP contribution in [0, 0.1) is 5.92 Å². The lowest BCUT2D eigenvalue weighted by Crippen LogP contribution is -2.15.